The van der Waals surface area contributed by atoms with E-state index in [0.29, 0.717) is 11.6 Å². The molecule has 0 spiro atoms. The van der Waals surface area contributed by atoms with Crippen LogP contribution in [0.15, 0.2) is 47.9 Å². The fourth-order valence-corrected chi connectivity index (χ4v) is 2.82. The SMILES string of the molecule is C[C@@H](Sc1ccc(Cl)cc1)C(=O)NCCCn1ccnc1. The summed E-state index contributed by atoms with van der Waals surface area (Å²) in [5.41, 5.74) is 0. The van der Waals surface area contributed by atoms with Crippen LogP contribution in [-0.2, 0) is 11.3 Å². The summed E-state index contributed by atoms with van der Waals surface area (Å²) in [6.45, 7) is 3.44. The van der Waals surface area contributed by atoms with Crippen LogP contribution in [0.1, 0.15) is 13.3 Å². The van der Waals surface area contributed by atoms with Gasteiger partial charge in [-0.2, -0.15) is 0 Å². The van der Waals surface area contributed by atoms with Gasteiger partial charge in [-0.15, -0.1) is 11.8 Å². The number of carbonyl (C=O) groups excluding carboxylic acids is 1. The molecule has 0 fully saturated rings. The highest BCUT2D eigenvalue weighted by atomic mass is 35.5. The average Bonchev–Trinajstić information content (AvgIpc) is 2.99. The fraction of sp³-hybridized carbons (Fsp3) is 0.333. The van der Waals surface area contributed by atoms with E-state index in [-0.39, 0.29) is 11.2 Å². The standard InChI is InChI=1S/C15H18ClN3OS/c1-12(21-14-5-3-13(16)4-6-14)15(20)18-7-2-9-19-10-8-17-11-19/h3-6,8,10-12H,2,7,9H2,1H3,(H,18,20)/t12-/m1/s1. The number of aromatic nitrogens is 2. The highest BCUT2D eigenvalue weighted by molar-refractivity contribution is 8.00. The molecule has 4 nitrogen and oxygen atoms in total. The van der Waals surface area contributed by atoms with Crippen LogP contribution in [0.5, 0.6) is 0 Å². The van der Waals surface area contributed by atoms with E-state index in [1.807, 2.05) is 42.0 Å². The molecule has 0 saturated carbocycles. The van der Waals surface area contributed by atoms with Crippen molar-refractivity contribution in [3.8, 4) is 0 Å². The summed E-state index contributed by atoms with van der Waals surface area (Å²) >= 11 is 7.37. The van der Waals surface area contributed by atoms with E-state index in [1.165, 1.54) is 11.8 Å². The van der Waals surface area contributed by atoms with Gasteiger partial charge in [-0.1, -0.05) is 11.6 Å². The third-order valence-electron chi connectivity index (χ3n) is 2.95. The van der Waals surface area contributed by atoms with Crippen LogP contribution in [0.2, 0.25) is 5.02 Å². The lowest BCUT2D eigenvalue weighted by molar-refractivity contribution is -0.120. The Labute approximate surface area is 133 Å². The summed E-state index contributed by atoms with van der Waals surface area (Å²) in [4.78, 5) is 17.0. The lowest BCUT2D eigenvalue weighted by atomic mass is 10.4. The number of carbonyl (C=O) groups is 1. The van der Waals surface area contributed by atoms with Crippen molar-refractivity contribution >= 4 is 29.3 Å². The van der Waals surface area contributed by atoms with Gasteiger partial charge in [-0.25, -0.2) is 4.98 Å². The number of amides is 1. The van der Waals surface area contributed by atoms with E-state index in [9.17, 15) is 4.79 Å². The molecule has 2 aromatic rings. The molecule has 0 aliphatic heterocycles. The molecule has 1 heterocycles. The topological polar surface area (TPSA) is 46.9 Å². The highest BCUT2D eigenvalue weighted by Crippen LogP contribution is 2.24. The predicted octanol–water partition coefficient (Wildman–Crippen LogP) is 3.22. The van der Waals surface area contributed by atoms with Gasteiger partial charge in [-0.3, -0.25) is 4.79 Å². The van der Waals surface area contributed by atoms with Gasteiger partial charge in [0.1, 0.15) is 0 Å². The molecule has 1 amide bonds. The van der Waals surface area contributed by atoms with Crippen LogP contribution in [0.25, 0.3) is 0 Å². The summed E-state index contributed by atoms with van der Waals surface area (Å²) in [6, 6.07) is 7.52. The van der Waals surface area contributed by atoms with E-state index in [0.717, 1.165) is 17.9 Å². The minimum atomic E-state index is -0.126. The third-order valence-corrected chi connectivity index (χ3v) is 4.31. The molecule has 2 rings (SSSR count). The molecule has 6 heteroatoms. The maximum atomic E-state index is 12.0. The van der Waals surface area contributed by atoms with Crippen molar-refractivity contribution in [1.29, 1.82) is 0 Å². The molecule has 1 N–H and O–H groups in total. The Balaban J connectivity index is 1.68. The Morgan fingerprint density at radius 2 is 2.19 bits per heavy atom. The maximum Gasteiger partial charge on any atom is 0.233 e. The number of rotatable bonds is 7. The molecule has 0 aliphatic carbocycles. The lowest BCUT2D eigenvalue weighted by Gasteiger charge is -2.12. The second kappa shape index (κ2) is 8.10. The molecule has 1 aromatic carbocycles. The first kappa shape index (κ1) is 15.9. The minimum Gasteiger partial charge on any atom is -0.355 e. The Bertz CT molecular complexity index is 557. The molecule has 0 radical (unpaired) electrons. The van der Waals surface area contributed by atoms with Crippen molar-refractivity contribution in [1.82, 2.24) is 14.9 Å². The molecule has 1 aromatic heterocycles. The Hall–Kier alpha value is -1.46. The zero-order chi connectivity index (χ0) is 15.1. The molecule has 112 valence electrons. The number of aryl methyl sites for hydroxylation is 1. The second-order valence-corrected chi connectivity index (χ2v) is 6.51. The van der Waals surface area contributed by atoms with Gasteiger partial charge in [0, 0.05) is 35.4 Å². The number of hydrogen-bond acceptors (Lipinski definition) is 3. The van der Waals surface area contributed by atoms with Crippen molar-refractivity contribution in [3.05, 3.63) is 48.0 Å². The second-order valence-electron chi connectivity index (χ2n) is 4.66. The predicted molar refractivity (Wildman–Crippen MR) is 86.6 cm³/mol. The molecular formula is C15H18ClN3OS. The number of benzene rings is 1. The molecule has 0 aliphatic rings. The lowest BCUT2D eigenvalue weighted by Crippen LogP contribution is -2.32. The molecule has 21 heavy (non-hydrogen) atoms. The maximum absolute atomic E-state index is 12.0. The number of halogens is 1. The monoisotopic (exact) mass is 323 g/mol. The summed E-state index contributed by atoms with van der Waals surface area (Å²) < 4.78 is 2.00. The van der Waals surface area contributed by atoms with Gasteiger partial charge in [-0.05, 0) is 37.6 Å². The van der Waals surface area contributed by atoms with Crippen molar-refractivity contribution in [2.75, 3.05) is 6.54 Å². The normalized spacial score (nSPS) is 12.1. The average molecular weight is 324 g/mol. The van der Waals surface area contributed by atoms with Crippen LogP contribution in [0.3, 0.4) is 0 Å². The Morgan fingerprint density at radius 1 is 1.43 bits per heavy atom. The summed E-state index contributed by atoms with van der Waals surface area (Å²) in [6.07, 6.45) is 6.34. The van der Waals surface area contributed by atoms with Gasteiger partial charge in [0.25, 0.3) is 0 Å². The van der Waals surface area contributed by atoms with E-state index in [2.05, 4.69) is 10.3 Å². The number of nitrogens with one attached hydrogen (secondary N) is 1. The van der Waals surface area contributed by atoms with Crippen molar-refractivity contribution in [3.63, 3.8) is 0 Å². The van der Waals surface area contributed by atoms with E-state index < -0.39 is 0 Å². The molecule has 0 bridgehead atoms. The summed E-state index contributed by atoms with van der Waals surface area (Å²) in [7, 11) is 0. The molecule has 0 saturated heterocycles. The third kappa shape index (κ3) is 5.44. The fourth-order valence-electron chi connectivity index (χ4n) is 1.81. The number of hydrogen-bond donors (Lipinski definition) is 1. The van der Waals surface area contributed by atoms with Crippen LogP contribution >= 0.6 is 23.4 Å². The number of imidazole rings is 1. The number of thioether (sulfide) groups is 1. The zero-order valence-electron chi connectivity index (χ0n) is 11.8. The van der Waals surface area contributed by atoms with E-state index in [4.69, 9.17) is 11.6 Å². The van der Waals surface area contributed by atoms with Gasteiger partial charge in [0.15, 0.2) is 0 Å². The summed E-state index contributed by atoms with van der Waals surface area (Å²) in [5.74, 6) is 0.0561. The zero-order valence-corrected chi connectivity index (χ0v) is 13.4. The quantitative estimate of drug-likeness (QED) is 0.628. The first-order chi connectivity index (χ1) is 10.1. The van der Waals surface area contributed by atoms with Gasteiger partial charge < -0.3 is 9.88 Å². The van der Waals surface area contributed by atoms with Crippen molar-refractivity contribution in [2.24, 2.45) is 0 Å². The van der Waals surface area contributed by atoms with Crippen molar-refractivity contribution < 1.29 is 4.79 Å². The molecule has 1 atom stereocenters. The van der Waals surface area contributed by atoms with E-state index >= 15 is 0 Å². The number of nitrogens with zero attached hydrogens (tertiary/aromatic N) is 2. The first-order valence-corrected chi connectivity index (χ1v) is 8.06. The smallest absolute Gasteiger partial charge is 0.233 e. The highest BCUT2D eigenvalue weighted by Gasteiger charge is 2.13. The van der Waals surface area contributed by atoms with Gasteiger partial charge in [0.05, 0.1) is 11.6 Å². The Kier molecular flexibility index (Phi) is 6.14. The molecule has 0 unspecified atom stereocenters. The molecular weight excluding hydrogens is 306 g/mol. The first-order valence-electron chi connectivity index (χ1n) is 6.81. The van der Waals surface area contributed by atoms with Crippen LogP contribution in [-0.4, -0.2) is 27.3 Å². The largest absolute Gasteiger partial charge is 0.355 e. The minimum absolute atomic E-state index is 0.0561. The van der Waals surface area contributed by atoms with E-state index in [1.54, 1.807) is 12.5 Å². The van der Waals surface area contributed by atoms with Gasteiger partial charge in [0.2, 0.25) is 5.91 Å². The van der Waals surface area contributed by atoms with Crippen LogP contribution < -0.4 is 5.32 Å². The van der Waals surface area contributed by atoms with Gasteiger partial charge >= 0.3 is 0 Å². The van der Waals surface area contributed by atoms with Crippen LogP contribution in [0, 0.1) is 0 Å². The van der Waals surface area contributed by atoms with Crippen LogP contribution in [0.4, 0.5) is 0 Å². The summed E-state index contributed by atoms with van der Waals surface area (Å²) in [5, 5.41) is 3.54. The van der Waals surface area contributed by atoms with Crippen molar-refractivity contribution in [2.45, 2.75) is 30.0 Å². The Morgan fingerprint density at radius 3 is 2.86 bits per heavy atom.